The minimum absolute atomic E-state index is 0.0512. The number of nitrogens with zero attached hydrogens (tertiary/aromatic N) is 1. The van der Waals surface area contributed by atoms with Crippen LogP contribution in [0.2, 0.25) is 0 Å². The average Bonchev–Trinajstić information content (AvgIpc) is 2.95. The Kier molecular flexibility index (Phi) is 4.36. The number of hydrogen-bond acceptors (Lipinski definition) is 2. The highest BCUT2D eigenvalue weighted by Gasteiger charge is 2.61. The lowest BCUT2D eigenvalue weighted by molar-refractivity contribution is -0.133. The molecule has 27 heavy (non-hydrogen) atoms. The quantitative estimate of drug-likeness (QED) is 0.881. The predicted octanol–water partition coefficient (Wildman–Crippen LogP) is 3.85. The van der Waals surface area contributed by atoms with Crippen LogP contribution in [0.3, 0.4) is 0 Å². The number of carbonyl (C=O) groups is 2. The van der Waals surface area contributed by atoms with E-state index in [1.54, 1.807) is 6.92 Å². The van der Waals surface area contributed by atoms with Crippen LogP contribution in [0.5, 0.6) is 0 Å². The molecule has 2 saturated carbocycles. The fourth-order valence-corrected chi connectivity index (χ4v) is 6.10. The first kappa shape index (κ1) is 18.5. The van der Waals surface area contributed by atoms with Crippen LogP contribution in [0.15, 0.2) is 24.3 Å². The second kappa shape index (κ2) is 6.35. The van der Waals surface area contributed by atoms with E-state index in [-0.39, 0.29) is 34.7 Å². The third-order valence-corrected chi connectivity index (χ3v) is 8.32. The van der Waals surface area contributed by atoms with Crippen molar-refractivity contribution in [2.75, 3.05) is 6.54 Å². The lowest BCUT2D eigenvalue weighted by atomic mass is 9.69. The molecule has 3 aliphatic rings. The molecule has 4 atom stereocenters. The molecule has 4 heteroatoms. The Morgan fingerprint density at radius 1 is 1.22 bits per heavy atom. The number of rotatable bonds is 3. The summed E-state index contributed by atoms with van der Waals surface area (Å²) in [6.07, 6.45) is 4.79. The summed E-state index contributed by atoms with van der Waals surface area (Å²) in [5.41, 5.74) is 2.86. The maximum Gasteiger partial charge on any atom is 0.222 e. The van der Waals surface area contributed by atoms with Gasteiger partial charge in [-0.3, -0.25) is 9.59 Å². The van der Waals surface area contributed by atoms with E-state index < -0.39 is 0 Å². The van der Waals surface area contributed by atoms with E-state index in [1.807, 2.05) is 17.0 Å². The Bertz CT molecular complexity index is 771. The summed E-state index contributed by atoms with van der Waals surface area (Å²) in [6.45, 7) is 9.39. The van der Waals surface area contributed by atoms with Gasteiger partial charge in [0.25, 0.3) is 0 Å². The molecule has 4 nitrogen and oxygen atoms in total. The molecular weight excluding hydrogens is 336 g/mol. The highest BCUT2D eigenvalue weighted by molar-refractivity contribution is 5.80. The standard InChI is InChI=1S/C23H32N2O2/c1-15(26)25-12-10-16-7-5-6-8-18(16)19(25)14-21(27)24-20-13-17-9-11-23(20,4)22(17,2)3/h5-8,17,19-20H,9-14H2,1-4H3,(H,24,27). The van der Waals surface area contributed by atoms with Crippen molar-refractivity contribution < 1.29 is 9.59 Å². The zero-order valence-corrected chi connectivity index (χ0v) is 17.0. The van der Waals surface area contributed by atoms with E-state index in [2.05, 4.69) is 38.2 Å². The van der Waals surface area contributed by atoms with Gasteiger partial charge in [0.2, 0.25) is 11.8 Å². The Morgan fingerprint density at radius 3 is 2.59 bits per heavy atom. The van der Waals surface area contributed by atoms with Crippen molar-refractivity contribution >= 4 is 11.8 Å². The Hall–Kier alpha value is -1.84. The molecule has 0 aromatic heterocycles. The van der Waals surface area contributed by atoms with Crippen LogP contribution in [0.4, 0.5) is 0 Å². The number of benzene rings is 1. The number of nitrogens with one attached hydrogen (secondary N) is 1. The van der Waals surface area contributed by atoms with Gasteiger partial charge in [-0.15, -0.1) is 0 Å². The van der Waals surface area contributed by atoms with Crippen LogP contribution in [0, 0.1) is 16.7 Å². The molecule has 146 valence electrons. The number of carbonyl (C=O) groups excluding carboxylic acids is 2. The van der Waals surface area contributed by atoms with Crippen LogP contribution in [0.25, 0.3) is 0 Å². The van der Waals surface area contributed by atoms with Gasteiger partial charge in [0.1, 0.15) is 0 Å². The van der Waals surface area contributed by atoms with Gasteiger partial charge in [0.15, 0.2) is 0 Å². The third kappa shape index (κ3) is 2.79. The lowest BCUT2D eigenvalue weighted by Gasteiger charge is -2.40. The van der Waals surface area contributed by atoms with Crippen LogP contribution >= 0.6 is 0 Å². The molecule has 1 N–H and O–H groups in total. The Labute approximate surface area is 162 Å². The molecule has 1 heterocycles. The molecule has 2 fully saturated rings. The van der Waals surface area contributed by atoms with Crippen LogP contribution < -0.4 is 5.32 Å². The molecule has 0 saturated heterocycles. The zero-order chi connectivity index (χ0) is 19.4. The monoisotopic (exact) mass is 368 g/mol. The van der Waals surface area contributed by atoms with Gasteiger partial charge in [-0.05, 0) is 53.6 Å². The topological polar surface area (TPSA) is 49.4 Å². The largest absolute Gasteiger partial charge is 0.353 e. The van der Waals surface area contributed by atoms with E-state index in [1.165, 1.54) is 18.4 Å². The van der Waals surface area contributed by atoms with E-state index in [0.29, 0.717) is 18.9 Å². The Balaban J connectivity index is 1.51. The number of hydrogen-bond donors (Lipinski definition) is 1. The summed E-state index contributed by atoms with van der Waals surface area (Å²) in [6, 6.07) is 8.35. The van der Waals surface area contributed by atoms with Gasteiger partial charge in [0, 0.05) is 19.5 Å². The van der Waals surface area contributed by atoms with Crippen molar-refractivity contribution in [1.29, 1.82) is 0 Å². The maximum atomic E-state index is 13.0. The highest BCUT2D eigenvalue weighted by atomic mass is 16.2. The molecule has 4 rings (SSSR count). The first-order chi connectivity index (χ1) is 12.7. The van der Waals surface area contributed by atoms with Crippen molar-refractivity contribution in [3.63, 3.8) is 0 Å². The smallest absolute Gasteiger partial charge is 0.222 e. The van der Waals surface area contributed by atoms with E-state index in [4.69, 9.17) is 0 Å². The minimum Gasteiger partial charge on any atom is -0.353 e. The highest BCUT2D eigenvalue weighted by Crippen LogP contribution is 2.65. The molecule has 1 aromatic carbocycles. The van der Waals surface area contributed by atoms with Gasteiger partial charge >= 0.3 is 0 Å². The van der Waals surface area contributed by atoms with Crippen molar-refractivity contribution in [2.24, 2.45) is 16.7 Å². The van der Waals surface area contributed by atoms with Gasteiger partial charge in [0.05, 0.1) is 12.5 Å². The summed E-state index contributed by atoms with van der Waals surface area (Å²) in [5, 5.41) is 3.37. The van der Waals surface area contributed by atoms with Crippen molar-refractivity contribution in [3.05, 3.63) is 35.4 Å². The van der Waals surface area contributed by atoms with Gasteiger partial charge in [-0.1, -0.05) is 45.0 Å². The summed E-state index contributed by atoms with van der Waals surface area (Å²) in [4.78, 5) is 27.1. The van der Waals surface area contributed by atoms with Gasteiger partial charge in [-0.2, -0.15) is 0 Å². The minimum atomic E-state index is -0.146. The second-order valence-electron chi connectivity index (χ2n) is 9.61. The second-order valence-corrected chi connectivity index (χ2v) is 9.61. The summed E-state index contributed by atoms with van der Waals surface area (Å²) in [5.74, 6) is 0.838. The van der Waals surface area contributed by atoms with Crippen LogP contribution in [0.1, 0.15) is 70.5 Å². The van der Waals surface area contributed by atoms with Gasteiger partial charge < -0.3 is 10.2 Å². The molecule has 2 bridgehead atoms. The predicted molar refractivity (Wildman–Crippen MR) is 106 cm³/mol. The van der Waals surface area contributed by atoms with E-state index in [0.717, 1.165) is 18.4 Å². The fourth-order valence-electron chi connectivity index (χ4n) is 6.10. The molecule has 1 aliphatic heterocycles. The number of amides is 2. The fraction of sp³-hybridized carbons (Fsp3) is 0.652. The van der Waals surface area contributed by atoms with Crippen LogP contribution in [-0.2, 0) is 16.0 Å². The Morgan fingerprint density at radius 2 is 1.96 bits per heavy atom. The maximum absolute atomic E-state index is 13.0. The first-order valence-corrected chi connectivity index (χ1v) is 10.4. The first-order valence-electron chi connectivity index (χ1n) is 10.4. The molecular formula is C23H32N2O2. The van der Waals surface area contributed by atoms with Crippen molar-refractivity contribution in [1.82, 2.24) is 10.2 Å². The molecule has 2 amide bonds. The zero-order valence-electron chi connectivity index (χ0n) is 17.0. The van der Waals surface area contributed by atoms with Gasteiger partial charge in [-0.25, -0.2) is 0 Å². The SMILES string of the molecule is CC(=O)N1CCc2ccccc2C1CC(=O)NC1CC2CCC1(C)C2(C)C. The molecule has 2 aliphatic carbocycles. The third-order valence-electron chi connectivity index (χ3n) is 8.32. The summed E-state index contributed by atoms with van der Waals surface area (Å²) < 4.78 is 0. The van der Waals surface area contributed by atoms with E-state index in [9.17, 15) is 9.59 Å². The van der Waals surface area contributed by atoms with Crippen LogP contribution in [-0.4, -0.2) is 29.3 Å². The lowest BCUT2D eigenvalue weighted by Crippen LogP contribution is -2.48. The molecule has 4 unspecified atom stereocenters. The van der Waals surface area contributed by atoms with Crippen molar-refractivity contribution in [2.45, 2.75) is 71.9 Å². The van der Waals surface area contributed by atoms with Crippen molar-refractivity contribution in [3.8, 4) is 0 Å². The average molecular weight is 369 g/mol. The number of fused-ring (bicyclic) bond motifs is 3. The normalized spacial score (nSPS) is 33.6. The summed E-state index contributed by atoms with van der Waals surface area (Å²) >= 11 is 0. The molecule has 1 aromatic rings. The summed E-state index contributed by atoms with van der Waals surface area (Å²) in [7, 11) is 0. The molecule has 0 spiro atoms. The molecule has 0 radical (unpaired) electrons. The van der Waals surface area contributed by atoms with E-state index >= 15 is 0 Å².